The highest BCUT2D eigenvalue weighted by molar-refractivity contribution is 5.97. The second-order valence-corrected chi connectivity index (χ2v) is 9.28. The van der Waals surface area contributed by atoms with Crippen molar-refractivity contribution in [2.75, 3.05) is 44.8 Å². The maximum absolute atomic E-state index is 13.9. The van der Waals surface area contributed by atoms with Gasteiger partial charge in [-0.25, -0.2) is 4.79 Å². The lowest BCUT2D eigenvalue weighted by Crippen LogP contribution is -2.38. The Balaban J connectivity index is 1.38. The zero-order valence-electron chi connectivity index (χ0n) is 20.3. The van der Waals surface area contributed by atoms with Crippen LogP contribution in [0.5, 0.6) is 0 Å². The van der Waals surface area contributed by atoms with Crippen molar-refractivity contribution < 1.29 is 27.4 Å². The van der Waals surface area contributed by atoms with Gasteiger partial charge in [0, 0.05) is 25.2 Å². The van der Waals surface area contributed by atoms with Gasteiger partial charge in [0.2, 0.25) is 0 Å². The summed E-state index contributed by atoms with van der Waals surface area (Å²) in [7, 11) is 0. The molecule has 194 valence electrons. The average molecular weight is 512 g/mol. The third-order valence-corrected chi connectivity index (χ3v) is 6.58. The van der Waals surface area contributed by atoms with E-state index in [9.17, 15) is 18.0 Å². The summed E-state index contributed by atoms with van der Waals surface area (Å²) in [6.07, 6.45) is -1.15. The molecule has 1 aliphatic heterocycles. The third kappa shape index (κ3) is 6.29. The van der Waals surface area contributed by atoms with Crippen LogP contribution in [0.25, 0.3) is 11.3 Å². The van der Waals surface area contributed by atoms with E-state index in [1.165, 1.54) is 6.20 Å². The van der Waals surface area contributed by atoms with Gasteiger partial charge in [0.1, 0.15) is 6.61 Å². The molecule has 9 heteroatoms. The summed E-state index contributed by atoms with van der Waals surface area (Å²) in [5.74, 6) is -0.110. The number of hydrogen-bond donors (Lipinski definition) is 1. The molecule has 37 heavy (non-hydrogen) atoms. The Kier molecular flexibility index (Phi) is 7.43. The van der Waals surface area contributed by atoms with Gasteiger partial charge in [-0.05, 0) is 42.5 Å². The molecule has 3 aromatic rings. The number of ether oxygens (including phenoxy) is 2. The van der Waals surface area contributed by atoms with E-state index in [1.807, 2.05) is 6.07 Å². The van der Waals surface area contributed by atoms with Crippen LogP contribution in [-0.2, 0) is 15.7 Å². The Morgan fingerprint density at radius 2 is 1.84 bits per heavy atom. The summed E-state index contributed by atoms with van der Waals surface area (Å²) in [5.41, 5.74) is 1.21. The molecule has 0 bridgehead atoms. The quantitative estimate of drug-likeness (QED) is 0.381. The van der Waals surface area contributed by atoms with Crippen LogP contribution in [0.1, 0.15) is 40.2 Å². The maximum Gasteiger partial charge on any atom is 0.418 e. The summed E-state index contributed by atoms with van der Waals surface area (Å²) in [4.78, 5) is 19.3. The molecule has 5 rings (SSSR count). The van der Waals surface area contributed by atoms with E-state index in [-0.39, 0.29) is 18.0 Å². The minimum atomic E-state index is -4.60. The van der Waals surface area contributed by atoms with Crippen LogP contribution in [0.4, 0.5) is 24.5 Å². The first-order valence-corrected chi connectivity index (χ1v) is 12.4. The number of alkyl halides is 3. The largest absolute Gasteiger partial charge is 0.461 e. The topological polar surface area (TPSA) is 63.7 Å². The van der Waals surface area contributed by atoms with Crippen molar-refractivity contribution in [2.45, 2.75) is 24.9 Å². The third-order valence-electron chi connectivity index (χ3n) is 6.58. The molecule has 0 atom stereocenters. The van der Waals surface area contributed by atoms with Crippen molar-refractivity contribution in [3.8, 4) is 11.3 Å². The van der Waals surface area contributed by atoms with Crippen molar-refractivity contribution in [1.82, 2.24) is 9.88 Å². The number of rotatable bonds is 8. The van der Waals surface area contributed by atoms with Gasteiger partial charge in [-0.3, -0.25) is 9.88 Å². The van der Waals surface area contributed by atoms with Crippen molar-refractivity contribution in [2.24, 2.45) is 0 Å². The molecule has 1 saturated heterocycles. The molecular weight excluding hydrogens is 483 g/mol. The molecule has 1 aliphatic carbocycles. The Morgan fingerprint density at radius 1 is 1.08 bits per heavy atom. The summed E-state index contributed by atoms with van der Waals surface area (Å²) in [6.45, 7) is 3.70. The first-order chi connectivity index (χ1) is 17.9. The van der Waals surface area contributed by atoms with Crippen molar-refractivity contribution in [3.63, 3.8) is 0 Å². The zero-order valence-corrected chi connectivity index (χ0v) is 20.3. The molecule has 2 aromatic carbocycles. The van der Waals surface area contributed by atoms with E-state index < -0.39 is 17.7 Å². The molecular formula is C28H28F3N3O3. The smallest absolute Gasteiger partial charge is 0.418 e. The fourth-order valence-electron chi connectivity index (χ4n) is 4.41. The standard InChI is InChI=1S/C28H28F3N3O3/c29-28(30,31)24-17-22(18-32-26(24)20-4-2-1-3-5-20)33-25-9-8-21(19-6-7-19)16-23(25)27(35)37-15-12-34-10-13-36-14-11-34/h1-5,8-9,16-19,33H,6-7,10-15H2. The molecule has 1 saturated carbocycles. The summed E-state index contributed by atoms with van der Waals surface area (Å²) >= 11 is 0. The minimum Gasteiger partial charge on any atom is -0.461 e. The monoisotopic (exact) mass is 511 g/mol. The Hall–Kier alpha value is -3.43. The van der Waals surface area contributed by atoms with E-state index in [0.29, 0.717) is 42.5 Å². The number of carbonyl (C=O) groups excluding carboxylic acids is 1. The fourth-order valence-corrected chi connectivity index (χ4v) is 4.41. The van der Waals surface area contributed by atoms with E-state index in [0.717, 1.165) is 37.6 Å². The number of nitrogens with zero attached hydrogens (tertiary/aromatic N) is 2. The minimum absolute atomic E-state index is 0.133. The van der Waals surface area contributed by atoms with Gasteiger partial charge in [-0.1, -0.05) is 36.4 Å². The lowest BCUT2D eigenvalue weighted by atomic mass is 10.0. The summed E-state index contributed by atoms with van der Waals surface area (Å²) in [6, 6.07) is 14.7. The predicted octanol–water partition coefficient (Wildman–Crippen LogP) is 5.88. The molecule has 6 nitrogen and oxygen atoms in total. The van der Waals surface area contributed by atoms with Crippen molar-refractivity contribution in [3.05, 3.63) is 77.5 Å². The molecule has 0 unspecified atom stereocenters. The van der Waals surface area contributed by atoms with Crippen LogP contribution in [0.2, 0.25) is 0 Å². The molecule has 2 heterocycles. The molecule has 0 amide bonds. The van der Waals surface area contributed by atoms with Gasteiger partial charge >= 0.3 is 12.1 Å². The lowest BCUT2D eigenvalue weighted by Gasteiger charge is -2.26. The second kappa shape index (κ2) is 10.9. The number of morpholine rings is 1. The molecule has 1 aromatic heterocycles. The average Bonchev–Trinajstić information content (AvgIpc) is 3.75. The number of aromatic nitrogens is 1. The number of anilines is 2. The SMILES string of the molecule is O=C(OCCN1CCOCC1)c1cc(C2CC2)ccc1Nc1cnc(-c2ccccc2)c(C(F)(F)F)c1. The molecule has 1 N–H and O–H groups in total. The first kappa shape index (κ1) is 25.2. The normalized spacial score (nSPS) is 16.4. The first-order valence-electron chi connectivity index (χ1n) is 12.4. The van der Waals surface area contributed by atoms with Gasteiger partial charge in [0.05, 0.1) is 47.6 Å². The summed E-state index contributed by atoms with van der Waals surface area (Å²) < 4.78 is 52.7. The van der Waals surface area contributed by atoms with E-state index in [1.54, 1.807) is 42.5 Å². The number of carbonyl (C=O) groups is 1. The van der Waals surface area contributed by atoms with Crippen LogP contribution >= 0.6 is 0 Å². The Morgan fingerprint density at radius 3 is 2.54 bits per heavy atom. The van der Waals surface area contributed by atoms with Crippen LogP contribution in [0, 0.1) is 0 Å². The number of halogens is 3. The molecule has 2 fully saturated rings. The second-order valence-electron chi connectivity index (χ2n) is 9.28. The highest BCUT2D eigenvalue weighted by atomic mass is 19.4. The van der Waals surface area contributed by atoms with Gasteiger partial charge in [-0.15, -0.1) is 0 Å². The Bertz CT molecular complexity index is 1240. The maximum atomic E-state index is 13.9. The molecule has 2 aliphatic rings. The fraction of sp³-hybridized carbons (Fsp3) is 0.357. The molecule has 0 spiro atoms. The van der Waals surface area contributed by atoms with Crippen molar-refractivity contribution in [1.29, 1.82) is 0 Å². The van der Waals surface area contributed by atoms with Crippen LogP contribution in [0.15, 0.2) is 60.8 Å². The molecule has 0 radical (unpaired) electrons. The van der Waals surface area contributed by atoms with Crippen molar-refractivity contribution >= 4 is 17.3 Å². The Labute approximate surface area is 213 Å². The van der Waals surface area contributed by atoms with E-state index >= 15 is 0 Å². The van der Waals surface area contributed by atoms with E-state index in [2.05, 4.69) is 15.2 Å². The van der Waals surface area contributed by atoms with E-state index in [4.69, 9.17) is 9.47 Å². The summed E-state index contributed by atoms with van der Waals surface area (Å²) in [5, 5.41) is 2.98. The van der Waals surface area contributed by atoms with Gasteiger partial charge in [-0.2, -0.15) is 13.2 Å². The van der Waals surface area contributed by atoms with Crippen LogP contribution < -0.4 is 5.32 Å². The number of nitrogens with one attached hydrogen (secondary N) is 1. The predicted molar refractivity (Wildman–Crippen MR) is 134 cm³/mol. The number of pyridine rings is 1. The van der Waals surface area contributed by atoms with Crippen LogP contribution in [0.3, 0.4) is 0 Å². The van der Waals surface area contributed by atoms with Gasteiger partial charge in [0.15, 0.2) is 0 Å². The number of esters is 1. The van der Waals surface area contributed by atoms with Crippen LogP contribution in [-0.4, -0.2) is 55.3 Å². The number of hydrogen-bond acceptors (Lipinski definition) is 6. The lowest BCUT2D eigenvalue weighted by molar-refractivity contribution is -0.137. The highest BCUT2D eigenvalue weighted by Crippen LogP contribution is 2.42. The number of benzene rings is 2. The van der Waals surface area contributed by atoms with Gasteiger partial charge in [0.25, 0.3) is 0 Å². The van der Waals surface area contributed by atoms with Gasteiger partial charge < -0.3 is 14.8 Å². The highest BCUT2D eigenvalue weighted by Gasteiger charge is 2.35. The zero-order chi connectivity index (χ0) is 25.8.